The van der Waals surface area contributed by atoms with Crippen LogP contribution in [0.2, 0.25) is 0 Å². The molecule has 0 aliphatic carbocycles. The second kappa shape index (κ2) is 7.37. The molecule has 1 heterocycles. The molecular weight excluding hydrogens is 186 g/mol. The van der Waals surface area contributed by atoms with Gasteiger partial charge in [0, 0.05) is 32.0 Å². The van der Waals surface area contributed by atoms with E-state index in [0.29, 0.717) is 0 Å². The minimum Gasteiger partial charge on any atom is -0.329 e. The Morgan fingerprint density at radius 1 is 1.40 bits per heavy atom. The Balaban J connectivity index is 2.43. The van der Waals surface area contributed by atoms with Crippen LogP contribution in [0.5, 0.6) is 0 Å². The molecule has 0 saturated carbocycles. The van der Waals surface area contributed by atoms with E-state index in [-0.39, 0.29) is 0 Å². The Morgan fingerprint density at radius 3 is 2.87 bits per heavy atom. The highest BCUT2D eigenvalue weighted by atomic mass is 15.1. The van der Waals surface area contributed by atoms with E-state index in [1.165, 1.54) is 18.4 Å². The SMILES string of the molecule is CCCCN(CCN)Cc1cccnc1. The fourth-order valence-corrected chi connectivity index (χ4v) is 1.58. The molecular formula is C12H21N3. The van der Waals surface area contributed by atoms with Crippen LogP contribution in [-0.2, 0) is 6.54 Å². The number of hydrogen-bond donors (Lipinski definition) is 1. The van der Waals surface area contributed by atoms with Gasteiger partial charge in [0.15, 0.2) is 0 Å². The zero-order chi connectivity index (χ0) is 10.9. The van der Waals surface area contributed by atoms with Crippen LogP contribution >= 0.6 is 0 Å². The zero-order valence-corrected chi connectivity index (χ0v) is 9.52. The summed E-state index contributed by atoms with van der Waals surface area (Å²) in [6, 6.07) is 4.10. The van der Waals surface area contributed by atoms with Gasteiger partial charge in [-0.3, -0.25) is 9.88 Å². The molecule has 3 heteroatoms. The highest BCUT2D eigenvalue weighted by Crippen LogP contribution is 2.03. The van der Waals surface area contributed by atoms with Gasteiger partial charge < -0.3 is 5.73 Å². The van der Waals surface area contributed by atoms with Gasteiger partial charge in [0.25, 0.3) is 0 Å². The maximum absolute atomic E-state index is 5.60. The molecule has 0 fully saturated rings. The minimum atomic E-state index is 0.726. The van der Waals surface area contributed by atoms with Gasteiger partial charge in [-0.2, -0.15) is 0 Å². The summed E-state index contributed by atoms with van der Waals surface area (Å²) in [5, 5.41) is 0. The van der Waals surface area contributed by atoms with Crippen molar-refractivity contribution in [1.82, 2.24) is 9.88 Å². The lowest BCUT2D eigenvalue weighted by molar-refractivity contribution is 0.268. The van der Waals surface area contributed by atoms with Gasteiger partial charge in [0.1, 0.15) is 0 Å². The molecule has 0 radical (unpaired) electrons. The summed E-state index contributed by atoms with van der Waals surface area (Å²) in [5.74, 6) is 0. The van der Waals surface area contributed by atoms with Crippen molar-refractivity contribution in [3.63, 3.8) is 0 Å². The van der Waals surface area contributed by atoms with Crippen LogP contribution in [0.4, 0.5) is 0 Å². The highest BCUT2D eigenvalue weighted by molar-refractivity contribution is 5.08. The third kappa shape index (κ3) is 4.91. The number of aromatic nitrogens is 1. The van der Waals surface area contributed by atoms with Gasteiger partial charge in [-0.25, -0.2) is 0 Å². The molecule has 0 spiro atoms. The predicted molar refractivity (Wildman–Crippen MR) is 63.5 cm³/mol. The van der Waals surface area contributed by atoms with Crippen molar-refractivity contribution in [3.05, 3.63) is 30.1 Å². The van der Waals surface area contributed by atoms with Gasteiger partial charge in [-0.15, -0.1) is 0 Å². The lowest BCUT2D eigenvalue weighted by Gasteiger charge is -2.21. The van der Waals surface area contributed by atoms with E-state index in [2.05, 4.69) is 22.9 Å². The number of nitrogens with zero attached hydrogens (tertiary/aromatic N) is 2. The second-order valence-corrected chi connectivity index (χ2v) is 3.78. The number of unbranched alkanes of at least 4 members (excludes halogenated alkanes) is 1. The first-order valence-electron chi connectivity index (χ1n) is 5.68. The average Bonchev–Trinajstić information content (AvgIpc) is 2.28. The van der Waals surface area contributed by atoms with Crippen molar-refractivity contribution in [1.29, 1.82) is 0 Å². The molecule has 0 aliphatic rings. The van der Waals surface area contributed by atoms with Crippen LogP contribution in [-0.4, -0.2) is 29.5 Å². The van der Waals surface area contributed by atoms with Gasteiger partial charge >= 0.3 is 0 Å². The summed E-state index contributed by atoms with van der Waals surface area (Å²) in [4.78, 5) is 6.51. The van der Waals surface area contributed by atoms with Crippen molar-refractivity contribution in [2.24, 2.45) is 5.73 Å². The van der Waals surface area contributed by atoms with Crippen molar-refractivity contribution in [3.8, 4) is 0 Å². The molecule has 0 saturated heterocycles. The fraction of sp³-hybridized carbons (Fsp3) is 0.583. The van der Waals surface area contributed by atoms with Crippen LogP contribution in [0.1, 0.15) is 25.3 Å². The Hall–Kier alpha value is -0.930. The summed E-state index contributed by atoms with van der Waals surface area (Å²) in [6.07, 6.45) is 6.20. The first-order chi connectivity index (χ1) is 7.36. The number of pyridine rings is 1. The van der Waals surface area contributed by atoms with Crippen LogP contribution < -0.4 is 5.73 Å². The number of hydrogen-bond acceptors (Lipinski definition) is 3. The van der Waals surface area contributed by atoms with Crippen molar-refractivity contribution >= 4 is 0 Å². The summed E-state index contributed by atoms with van der Waals surface area (Å²) >= 11 is 0. The molecule has 0 atom stereocenters. The Kier molecular flexibility index (Phi) is 5.97. The summed E-state index contributed by atoms with van der Waals surface area (Å²) < 4.78 is 0. The molecule has 0 aliphatic heterocycles. The van der Waals surface area contributed by atoms with Crippen LogP contribution in [0.3, 0.4) is 0 Å². The zero-order valence-electron chi connectivity index (χ0n) is 9.52. The quantitative estimate of drug-likeness (QED) is 0.739. The third-order valence-corrected chi connectivity index (χ3v) is 2.40. The average molecular weight is 207 g/mol. The van der Waals surface area contributed by atoms with Gasteiger partial charge in [-0.1, -0.05) is 19.4 Å². The molecule has 0 unspecified atom stereocenters. The van der Waals surface area contributed by atoms with Gasteiger partial charge in [0.2, 0.25) is 0 Å². The van der Waals surface area contributed by atoms with E-state index in [1.807, 2.05) is 18.5 Å². The molecule has 0 bridgehead atoms. The molecule has 84 valence electrons. The molecule has 0 amide bonds. The number of nitrogens with two attached hydrogens (primary N) is 1. The summed E-state index contributed by atoms with van der Waals surface area (Å²) in [7, 11) is 0. The van der Waals surface area contributed by atoms with E-state index in [0.717, 1.165) is 26.2 Å². The van der Waals surface area contributed by atoms with Crippen molar-refractivity contribution in [2.75, 3.05) is 19.6 Å². The first-order valence-corrected chi connectivity index (χ1v) is 5.68. The van der Waals surface area contributed by atoms with Crippen LogP contribution in [0, 0.1) is 0 Å². The lowest BCUT2D eigenvalue weighted by atomic mass is 10.2. The first kappa shape index (κ1) is 12.1. The van der Waals surface area contributed by atoms with E-state index in [1.54, 1.807) is 0 Å². The largest absolute Gasteiger partial charge is 0.329 e. The van der Waals surface area contributed by atoms with Gasteiger partial charge in [-0.05, 0) is 24.6 Å². The third-order valence-electron chi connectivity index (χ3n) is 2.40. The van der Waals surface area contributed by atoms with E-state index in [9.17, 15) is 0 Å². The molecule has 1 aromatic heterocycles. The van der Waals surface area contributed by atoms with E-state index < -0.39 is 0 Å². The van der Waals surface area contributed by atoms with E-state index >= 15 is 0 Å². The second-order valence-electron chi connectivity index (χ2n) is 3.78. The van der Waals surface area contributed by atoms with Crippen molar-refractivity contribution < 1.29 is 0 Å². The fourth-order valence-electron chi connectivity index (χ4n) is 1.58. The Morgan fingerprint density at radius 2 is 2.27 bits per heavy atom. The maximum Gasteiger partial charge on any atom is 0.0312 e. The molecule has 1 aromatic rings. The summed E-state index contributed by atoms with van der Waals surface area (Å²) in [5.41, 5.74) is 6.86. The topological polar surface area (TPSA) is 42.1 Å². The van der Waals surface area contributed by atoms with Crippen LogP contribution in [0.25, 0.3) is 0 Å². The van der Waals surface area contributed by atoms with E-state index in [4.69, 9.17) is 5.73 Å². The van der Waals surface area contributed by atoms with Crippen LogP contribution in [0.15, 0.2) is 24.5 Å². The molecule has 3 nitrogen and oxygen atoms in total. The molecule has 2 N–H and O–H groups in total. The molecule has 0 aromatic carbocycles. The minimum absolute atomic E-state index is 0.726. The van der Waals surface area contributed by atoms with Gasteiger partial charge in [0.05, 0.1) is 0 Å². The predicted octanol–water partition coefficient (Wildman–Crippen LogP) is 1.64. The molecule has 15 heavy (non-hydrogen) atoms. The standard InChI is InChI=1S/C12H21N3/c1-2-3-8-15(9-6-13)11-12-5-4-7-14-10-12/h4-5,7,10H,2-3,6,8-9,11,13H2,1H3. The monoisotopic (exact) mass is 207 g/mol. The Bertz CT molecular complexity index is 248. The summed E-state index contributed by atoms with van der Waals surface area (Å²) in [6.45, 7) is 6.00. The Labute approximate surface area is 92.3 Å². The number of rotatable bonds is 7. The highest BCUT2D eigenvalue weighted by Gasteiger charge is 2.03. The lowest BCUT2D eigenvalue weighted by Crippen LogP contribution is -2.30. The van der Waals surface area contributed by atoms with Crippen molar-refractivity contribution in [2.45, 2.75) is 26.3 Å². The smallest absolute Gasteiger partial charge is 0.0312 e. The normalized spacial score (nSPS) is 10.9. The maximum atomic E-state index is 5.60. The molecule has 1 rings (SSSR count).